The highest BCUT2D eigenvalue weighted by molar-refractivity contribution is 6.36. The average Bonchev–Trinajstić information content (AvgIpc) is 2.33. The molecule has 3 nitrogen and oxygen atoms in total. The zero-order chi connectivity index (χ0) is 6.10. The molecule has 2 rings (SSSR count). The van der Waals surface area contributed by atoms with Crippen molar-refractivity contribution in [1.82, 2.24) is 0 Å². The van der Waals surface area contributed by atoms with Gasteiger partial charge >= 0.3 is 0 Å². The first kappa shape index (κ1) is 4.85. The van der Waals surface area contributed by atoms with E-state index in [1.807, 2.05) is 12.4 Å². The van der Waals surface area contributed by atoms with E-state index < -0.39 is 0 Å². The van der Waals surface area contributed by atoms with Gasteiger partial charge in [-0.15, -0.1) is 0 Å². The van der Waals surface area contributed by atoms with Crippen LogP contribution in [0.25, 0.3) is 0 Å². The first-order chi connectivity index (χ1) is 4.47. The van der Waals surface area contributed by atoms with E-state index in [0.717, 1.165) is 12.3 Å². The number of rotatable bonds is 0. The molecule has 0 aromatic heterocycles. The third-order valence-corrected chi connectivity index (χ3v) is 1.53. The molecule has 46 valence electrons. The molecule has 0 fully saturated rings. The Morgan fingerprint density at radius 1 is 1.44 bits per heavy atom. The second-order valence-corrected chi connectivity index (χ2v) is 2.16. The summed E-state index contributed by atoms with van der Waals surface area (Å²) in [6.45, 7) is 1.44. The zero-order valence-corrected chi connectivity index (χ0v) is 4.99. The van der Waals surface area contributed by atoms with Crippen LogP contribution in [0.3, 0.4) is 0 Å². The van der Waals surface area contributed by atoms with Crippen molar-refractivity contribution in [2.45, 2.75) is 0 Å². The van der Waals surface area contributed by atoms with E-state index in [4.69, 9.17) is 0 Å². The summed E-state index contributed by atoms with van der Waals surface area (Å²) in [5.74, 6) is 0.402. The van der Waals surface area contributed by atoms with Crippen LogP contribution in [-0.2, 0) is 0 Å². The van der Waals surface area contributed by atoms with Crippen LogP contribution >= 0.6 is 0 Å². The summed E-state index contributed by atoms with van der Waals surface area (Å²) >= 11 is 0. The van der Waals surface area contributed by atoms with Crippen LogP contribution in [0.5, 0.6) is 0 Å². The molecule has 0 saturated heterocycles. The molecule has 0 aromatic rings. The number of nitrogens with zero attached hydrogens (tertiary/aromatic N) is 3. The first-order valence-corrected chi connectivity index (χ1v) is 3.01. The number of fused-ring (bicyclic) bond motifs is 1. The molecule has 1 atom stereocenters. The average molecular weight is 121 g/mol. The predicted octanol–water partition coefficient (Wildman–Crippen LogP) is 0.170. The Balaban J connectivity index is 2.29. The molecule has 0 spiro atoms. The van der Waals surface area contributed by atoms with Gasteiger partial charge in [-0.1, -0.05) is 0 Å². The van der Waals surface area contributed by atoms with Crippen molar-refractivity contribution in [2.75, 3.05) is 13.2 Å². The van der Waals surface area contributed by atoms with E-state index in [1.165, 1.54) is 0 Å². The van der Waals surface area contributed by atoms with Gasteiger partial charge in [0.1, 0.15) is 6.67 Å². The van der Waals surface area contributed by atoms with Crippen LogP contribution in [0, 0.1) is 5.92 Å². The standard InChI is InChI=1S/C6H7N3/c1-5-2-8-4-9-6(5)3-7-1/h2-3,5H,1,4H2. The number of hydrogen-bond acceptors (Lipinski definition) is 3. The highest BCUT2D eigenvalue weighted by Gasteiger charge is 2.17. The summed E-state index contributed by atoms with van der Waals surface area (Å²) in [6.07, 6.45) is 3.78. The second-order valence-electron chi connectivity index (χ2n) is 2.16. The molecule has 0 amide bonds. The Morgan fingerprint density at radius 2 is 2.44 bits per heavy atom. The molecule has 0 bridgehead atoms. The highest BCUT2D eigenvalue weighted by Crippen LogP contribution is 2.07. The summed E-state index contributed by atoms with van der Waals surface area (Å²) in [5, 5.41) is 0. The Kier molecular flexibility index (Phi) is 0.946. The molecule has 3 heteroatoms. The second kappa shape index (κ2) is 1.76. The van der Waals surface area contributed by atoms with Crippen molar-refractivity contribution in [1.29, 1.82) is 0 Å². The lowest BCUT2D eigenvalue weighted by molar-refractivity contribution is 0.910. The molecular weight excluding hydrogens is 114 g/mol. The Morgan fingerprint density at radius 3 is 3.33 bits per heavy atom. The normalized spacial score (nSPS) is 30.2. The van der Waals surface area contributed by atoms with Gasteiger partial charge in [-0.25, -0.2) is 0 Å². The molecule has 0 N–H and O–H groups in total. The van der Waals surface area contributed by atoms with Gasteiger partial charge in [0.2, 0.25) is 0 Å². The van der Waals surface area contributed by atoms with Crippen molar-refractivity contribution < 1.29 is 0 Å². The Bertz CT molecular complexity index is 202. The van der Waals surface area contributed by atoms with E-state index in [-0.39, 0.29) is 0 Å². The molecule has 0 aliphatic carbocycles. The van der Waals surface area contributed by atoms with E-state index in [1.54, 1.807) is 0 Å². The molecule has 2 aliphatic heterocycles. The van der Waals surface area contributed by atoms with Gasteiger partial charge < -0.3 is 0 Å². The lowest BCUT2D eigenvalue weighted by Crippen LogP contribution is -2.17. The van der Waals surface area contributed by atoms with Crippen molar-refractivity contribution in [3.8, 4) is 0 Å². The smallest absolute Gasteiger partial charge is 0.129 e. The maximum Gasteiger partial charge on any atom is 0.129 e. The quantitative estimate of drug-likeness (QED) is 0.438. The fourth-order valence-electron chi connectivity index (χ4n) is 1.03. The fourth-order valence-corrected chi connectivity index (χ4v) is 1.03. The Hall–Kier alpha value is -0.990. The van der Waals surface area contributed by atoms with Gasteiger partial charge in [0.05, 0.1) is 18.2 Å². The van der Waals surface area contributed by atoms with Gasteiger partial charge in [-0.05, 0) is 0 Å². The molecule has 1 unspecified atom stereocenters. The van der Waals surface area contributed by atoms with Gasteiger partial charge in [-0.2, -0.15) is 0 Å². The van der Waals surface area contributed by atoms with E-state index >= 15 is 0 Å². The van der Waals surface area contributed by atoms with E-state index in [0.29, 0.717) is 12.6 Å². The molecule has 0 radical (unpaired) electrons. The molecule has 2 heterocycles. The largest absolute Gasteiger partial charge is 0.290 e. The summed E-state index contributed by atoms with van der Waals surface area (Å²) in [6, 6.07) is 0. The SMILES string of the molecule is C1=NCN=C2C=NCC12. The van der Waals surface area contributed by atoms with Crippen LogP contribution in [0.2, 0.25) is 0 Å². The zero-order valence-electron chi connectivity index (χ0n) is 4.99. The minimum absolute atomic E-state index is 0.402. The van der Waals surface area contributed by atoms with Crippen LogP contribution in [-0.4, -0.2) is 31.4 Å². The lowest BCUT2D eigenvalue weighted by Gasteiger charge is -2.05. The monoisotopic (exact) mass is 121 g/mol. The van der Waals surface area contributed by atoms with Gasteiger partial charge in [-0.3, -0.25) is 15.0 Å². The van der Waals surface area contributed by atoms with Gasteiger partial charge in [0.25, 0.3) is 0 Å². The maximum atomic E-state index is 4.16. The van der Waals surface area contributed by atoms with Crippen molar-refractivity contribution in [3.63, 3.8) is 0 Å². The summed E-state index contributed by atoms with van der Waals surface area (Å²) < 4.78 is 0. The minimum atomic E-state index is 0.402. The van der Waals surface area contributed by atoms with Crippen LogP contribution in [0.1, 0.15) is 0 Å². The van der Waals surface area contributed by atoms with Crippen LogP contribution in [0.15, 0.2) is 15.0 Å². The van der Waals surface area contributed by atoms with Crippen LogP contribution < -0.4 is 0 Å². The molecular formula is C6H7N3. The molecule has 9 heavy (non-hydrogen) atoms. The lowest BCUT2D eigenvalue weighted by atomic mass is 10.1. The van der Waals surface area contributed by atoms with Crippen molar-refractivity contribution in [3.05, 3.63) is 0 Å². The molecule has 2 aliphatic rings. The predicted molar refractivity (Wildman–Crippen MR) is 37.6 cm³/mol. The number of hydrogen-bond donors (Lipinski definition) is 0. The van der Waals surface area contributed by atoms with Crippen molar-refractivity contribution in [2.24, 2.45) is 20.9 Å². The maximum absolute atomic E-state index is 4.16. The summed E-state index contributed by atoms with van der Waals surface area (Å²) in [5.41, 5.74) is 1.10. The molecule has 0 saturated carbocycles. The summed E-state index contributed by atoms with van der Waals surface area (Å²) in [7, 11) is 0. The minimum Gasteiger partial charge on any atom is -0.290 e. The van der Waals surface area contributed by atoms with Gasteiger partial charge in [0, 0.05) is 12.4 Å². The number of aliphatic imine (C=N–C) groups is 3. The fraction of sp³-hybridized carbons (Fsp3) is 0.500. The van der Waals surface area contributed by atoms with Crippen molar-refractivity contribution >= 4 is 18.1 Å². The third kappa shape index (κ3) is 0.686. The highest BCUT2D eigenvalue weighted by atomic mass is 15.0. The Labute approximate surface area is 53.2 Å². The van der Waals surface area contributed by atoms with Gasteiger partial charge in [0.15, 0.2) is 0 Å². The third-order valence-electron chi connectivity index (χ3n) is 1.53. The van der Waals surface area contributed by atoms with E-state index in [9.17, 15) is 0 Å². The van der Waals surface area contributed by atoms with Crippen LogP contribution in [0.4, 0.5) is 0 Å². The first-order valence-electron chi connectivity index (χ1n) is 3.01. The molecule has 0 aromatic carbocycles. The topological polar surface area (TPSA) is 37.1 Å². The summed E-state index contributed by atoms with van der Waals surface area (Å²) in [4.78, 5) is 12.3. The van der Waals surface area contributed by atoms with E-state index in [2.05, 4.69) is 15.0 Å².